The van der Waals surface area contributed by atoms with Crippen molar-refractivity contribution in [3.63, 3.8) is 0 Å². The van der Waals surface area contributed by atoms with Crippen LogP contribution in [0.3, 0.4) is 0 Å². The molecule has 8 heteroatoms. The van der Waals surface area contributed by atoms with Crippen LogP contribution >= 0.6 is 0 Å². The van der Waals surface area contributed by atoms with Crippen molar-refractivity contribution in [3.8, 4) is 0 Å². The fourth-order valence-corrected chi connectivity index (χ4v) is 6.35. The number of carbonyl (C=O) groups excluding carboxylic acids is 4. The van der Waals surface area contributed by atoms with Crippen LogP contribution < -0.4 is 0 Å². The lowest BCUT2D eigenvalue weighted by Crippen LogP contribution is -2.46. The predicted octanol–water partition coefficient (Wildman–Crippen LogP) is 4.32. The second kappa shape index (κ2) is 12.7. The maximum absolute atomic E-state index is 12.7. The summed E-state index contributed by atoms with van der Waals surface area (Å²) in [6.07, 6.45) is 5.42. The fraction of sp³-hybridized carbons (Fsp3) is 0.515. The van der Waals surface area contributed by atoms with Gasteiger partial charge in [-0.25, -0.2) is 0 Å². The highest BCUT2D eigenvalue weighted by Crippen LogP contribution is 2.25. The Hall–Kier alpha value is -3.36. The van der Waals surface area contributed by atoms with Gasteiger partial charge in [-0.3, -0.25) is 29.0 Å². The summed E-state index contributed by atoms with van der Waals surface area (Å²) in [5, 5.41) is 0. The summed E-state index contributed by atoms with van der Waals surface area (Å²) in [7, 11) is 8.90. The monoisotopic (exact) mass is 562 g/mol. The van der Waals surface area contributed by atoms with Crippen LogP contribution in [0.2, 0.25) is 0 Å². The number of hydrogen-bond acceptors (Lipinski definition) is 4. The first-order valence-corrected chi connectivity index (χ1v) is 14.9. The van der Waals surface area contributed by atoms with Crippen LogP contribution in [-0.4, -0.2) is 110 Å². The Morgan fingerprint density at radius 2 is 0.951 bits per heavy atom. The molecule has 220 valence electrons. The smallest absolute Gasteiger partial charge is 0.261 e. The van der Waals surface area contributed by atoms with Gasteiger partial charge in [0.05, 0.1) is 76.6 Å². The molecule has 8 nitrogen and oxygen atoms in total. The van der Waals surface area contributed by atoms with Gasteiger partial charge in [0.15, 0.2) is 0 Å². The summed E-state index contributed by atoms with van der Waals surface area (Å²) >= 11 is 0. The number of hydrogen-bond donors (Lipinski definition) is 0. The van der Waals surface area contributed by atoms with Crippen LogP contribution in [0.5, 0.6) is 0 Å². The Morgan fingerprint density at radius 3 is 1.41 bits per heavy atom. The zero-order chi connectivity index (χ0) is 29.8. The molecular weight excluding hydrogens is 516 g/mol. The quantitative estimate of drug-likeness (QED) is 0.184. The topological polar surface area (TPSA) is 74.8 Å². The van der Waals surface area contributed by atoms with E-state index >= 15 is 0 Å². The van der Waals surface area contributed by atoms with Crippen LogP contribution in [0.25, 0.3) is 0 Å². The molecule has 0 bridgehead atoms. The molecule has 0 aliphatic carbocycles. The minimum Gasteiger partial charge on any atom is -0.328 e. The van der Waals surface area contributed by atoms with E-state index in [1.54, 1.807) is 48.5 Å². The van der Waals surface area contributed by atoms with Gasteiger partial charge in [-0.05, 0) is 49.9 Å². The van der Waals surface area contributed by atoms with E-state index in [0.29, 0.717) is 35.3 Å². The van der Waals surface area contributed by atoms with E-state index in [1.165, 1.54) is 22.6 Å². The number of quaternary nitrogens is 2. The number of fused-ring (bicyclic) bond motifs is 2. The lowest BCUT2D eigenvalue weighted by molar-refractivity contribution is -0.893. The molecule has 0 radical (unpaired) electrons. The van der Waals surface area contributed by atoms with Gasteiger partial charge in [0.25, 0.3) is 23.6 Å². The van der Waals surface area contributed by atoms with Crippen molar-refractivity contribution in [3.05, 3.63) is 70.8 Å². The second-order valence-electron chi connectivity index (χ2n) is 13.2. The number of carbonyl (C=O) groups is 4. The van der Waals surface area contributed by atoms with Crippen molar-refractivity contribution in [1.82, 2.24) is 9.80 Å². The molecule has 0 fully saturated rings. The highest BCUT2D eigenvalue weighted by Gasteiger charge is 2.37. The van der Waals surface area contributed by atoms with Crippen molar-refractivity contribution < 1.29 is 28.1 Å². The third kappa shape index (κ3) is 7.29. The van der Waals surface area contributed by atoms with Gasteiger partial charge in [-0.2, -0.15) is 0 Å². The largest absolute Gasteiger partial charge is 0.328 e. The zero-order valence-corrected chi connectivity index (χ0v) is 25.4. The molecule has 2 aliphatic heterocycles. The molecule has 0 saturated heterocycles. The molecule has 2 aromatic rings. The number of nitrogens with zero attached hydrogens (tertiary/aromatic N) is 4. The van der Waals surface area contributed by atoms with Crippen LogP contribution in [0, 0.1) is 5.92 Å². The van der Waals surface area contributed by atoms with E-state index in [2.05, 4.69) is 35.1 Å². The van der Waals surface area contributed by atoms with Gasteiger partial charge < -0.3 is 8.97 Å². The van der Waals surface area contributed by atoms with Crippen LogP contribution in [-0.2, 0) is 0 Å². The molecule has 41 heavy (non-hydrogen) atoms. The molecule has 1 atom stereocenters. The Morgan fingerprint density at radius 1 is 0.561 bits per heavy atom. The first kappa shape index (κ1) is 30.6. The van der Waals surface area contributed by atoms with Crippen molar-refractivity contribution in [2.45, 2.75) is 39.0 Å². The van der Waals surface area contributed by atoms with Crippen molar-refractivity contribution in [2.24, 2.45) is 5.92 Å². The Kier molecular flexibility index (Phi) is 9.44. The number of amides is 4. The predicted molar refractivity (Wildman–Crippen MR) is 160 cm³/mol. The van der Waals surface area contributed by atoms with Gasteiger partial charge >= 0.3 is 0 Å². The number of benzene rings is 2. The number of unbranched alkanes of at least 4 members (excludes halogenated alkanes) is 3. The van der Waals surface area contributed by atoms with Gasteiger partial charge in [-0.15, -0.1) is 0 Å². The minimum absolute atomic E-state index is 0.171. The van der Waals surface area contributed by atoms with Gasteiger partial charge in [0, 0.05) is 25.4 Å². The molecule has 0 aromatic heterocycles. The van der Waals surface area contributed by atoms with E-state index in [0.717, 1.165) is 54.4 Å². The van der Waals surface area contributed by atoms with Gasteiger partial charge in [0.2, 0.25) is 0 Å². The summed E-state index contributed by atoms with van der Waals surface area (Å²) in [4.78, 5) is 53.4. The third-order valence-electron chi connectivity index (χ3n) is 8.48. The lowest BCUT2D eigenvalue weighted by atomic mass is 10.1. The average Bonchev–Trinajstić information content (AvgIpc) is 3.31. The van der Waals surface area contributed by atoms with Gasteiger partial charge in [0.1, 0.15) is 0 Å². The number of rotatable bonds is 15. The number of imide groups is 2. The van der Waals surface area contributed by atoms with E-state index in [-0.39, 0.29) is 29.5 Å². The zero-order valence-electron chi connectivity index (χ0n) is 25.4. The van der Waals surface area contributed by atoms with Crippen LogP contribution in [0.1, 0.15) is 80.5 Å². The Bertz CT molecular complexity index is 1230. The first-order valence-electron chi connectivity index (χ1n) is 14.9. The lowest BCUT2D eigenvalue weighted by Gasteiger charge is -2.33. The molecule has 4 rings (SSSR count). The average molecular weight is 563 g/mol. The van der Waals surface area contributed by atoms with E-state index in [1.807, 2.05) is 0 Å². The molecule has 2 aliphatic rings. The summed E-state index contributed by atoms with van der Waals surface area (Å²) in [6.45, 7) is 6.99. The molecule has 2 aromatic carbocycles. The normalized spacial score (nSPS) is 16.0. The fourth-order valence-electron chi connectivity index (χ4n) is 6.35. The van der Waals surface area contributed by atoms with Crippen molar-refractivity contribution in [2.75, 3.05) is 67.5 Å². The summed E-state index contributed by atoms with van der Waals surface area (Å²) in [5.41, 5.74) is 2.07. The highest BCUT2D eigenvalue weighted by molar-refractivity contribution is 6.22. The molecule has 0 N–H and O–H groups in total. The Labute approximate surface area is 244 Å². The molecule has 0 saturated carbocycles. The van der Waals surface area contributed by atoms with Crippen LogP contribution in [0.4, 0.5) is 0 Å². The molecule has 2 heterocycles. The molecule has 1 unspecified atom stereocenters. The summed E-state index contributed by atoms with van der Waals surface area (Å²) in [6, 6.07) is 14.1. The standard InChI is InChI=1S/C33H46N4O4/c1-25(23-35-32(40)28-17-10-11-18-29(28)33(35)41)24-37(4,5)21-13-7-6-12-20-36(2,3)22-14-19-34-30(38)26-15-8-9-16-27(26)31(34)39/h8-11,15-18,25H,6-7,12-14,19-24H2,1-5H3/q+2. The SMILES string of the molecule is CC(CN1C(=O)c2ccccc2C1=O)C[N+](C)(C)CCCCCC[N+](C)(C)CCCN1C(=O)c2ccccc2C1=O. The van der Waals surface area contributed by atoms with Crippen molar-refractivity contribution in [1.29, 1.82) is 0 Å². The molecule has 4 amide bonds. The third-order valence-corrected chi connectivity index (χ3v) is 8.48. The summed E-state index contributed by atoms with van der Waals surface area (Å²) < 4.78 is 1.74. The van der Waals surface area contributed by atoms with Crippen LogP contribution in [0.15, 0.2) is 48.5 Å². The maximum atomic E-state index is 12.7. The second-order valence-corrected chi connectivity index (χ2v) is 13.2. The van der Waals surface area contributed by atoms with E-state index in [9.17, 15) is 19.2 Å². The molecular formula is C33H46N4O4+2. The van der Waals surface area contributed by atoms with E-state index in [4.69, 9.17) is 0 Å². The van der Waals surface area contributed by atoms with Crippen molar-refractivity contribution >= 4 is 23.6 Å². The van der Waals surface area contributed by atoms with Gasteiger partial charge in [-0.1, -0.05) is 31.2 Å². The van der Waals surface area contributed by atoms with E-state index < -0.39 is 0 Å². The summed E-state index contributed by atoms with van der Waals surface area (Å²) in [5.74, 6) is -0.476. The first-order chi connectivity index (χ1) is 19.4. The molecule has 0 spiro atoms. The Balaban J connectivity index is 1.10. The highest BCUT2D eigenvalue weighted by atomic mass is 16.2. The minimum atomic E-state index is -0.173. The maximum Gasteiger partial charge on any atom is 0.261 e.